The highest BCUT2D eigenvalue weighted by molar-refractivity contribution is 5.93. The van der Waals surface area contributed by atoms with E-state index in [1.807, 2.05) is 0 Å². The van der Waals surface area contributed by atoms with Crippen molar-refractivity contribution >= 4 is 11.8 Å². The topological polar surface area (TPSA) is 37.4 Å². The molecule has 3 nitrogen and oxygen atoms in total. The molecular weight excluding hydrogens is 118 g/mol. The SMILES string of the molecule is C[CH]N(C(C)=O)C(C)=O. The highest BCUT2D eigenvalue weighted by atomic mass is 16.2. The van der Waals surface area contributed by atoms with Crippen LogP contribution in [0.5, 0.6) is 0 Å². The van der Waals surface area contributed by atoms with Gasteiger partial charge in [-0.15, -0.1) is 0 Å². The fourth-order valence-corrected chi connectivity index (χ4v) is 0.585. The molecular formula is C6H10NO2. The Bertz CT molecular complexity index is 117. The van der Waals surface area contributed by atoms with Crippen LogP contribution in [0.25, 0.3) is 0 Å². The molecule has 0 saturated carbocycles. The molecule has 0 fully saturated rings. The third-order valence-corrected chi connectivity index (χ3v) is 0.937. The summed E-state index contributed by atoms with van der Waals surface area (Å²) in [6.07, 6.45) is 0. The van der Waals surface area contributed by atoms with Crippen molar-refractivity contribution in [2.45, 2.75) is 20.8 Å². The molecule has 0 rings (SSSR count). The quantitative estimate of drug-likeness (QED) is 0.517. The fourth-order valence-electron chi connectivity index (χ4n) is 0.585. The first-order valence-electron chi connectivity index (χ1n) is 2.69. The standard InChI is InChI=1S/C6H10NO2/c1-4-7(5(2)8)6(3)9/h4H,1-3H3. The summed E-state index contributed by atoms with van der Waals surface area (Å²) in [6.45, 7) is 5.79. The number of hydrogen-bond acceptors (Lipinski definition) is 2. The number of carbonyl (C=O) groups is 2. The first-order chi connectivity index (χ1) is 4.09. The lowest BCUT2D eigenvalue weighted by atomic mass is 10.5. The molecule has 0 unspecified atom stereocenters. The largest absolute Gasteiger partial charge is 0.278 e. The average molecular weight is 128 g/mol. The van der Waals surface area contributed by atoms with Crippen molar-refractivity contribution in [1.29, 1.82) is 0 Å². The first kappa shape index (κ1) is 8.14. The van der Waals surface area contributed by atoms with Crippen molar-refractivity contribution in [2.24, 2.45) is 0 Å². The predicted molar refractivity (Wildman–Crippen MR) is 33.2 cm³/mol. The minimum Gasteiger partial charge on any atom is -0.278 e. The summed E-state index contributed by atoms with van der Waals surface area (Å²) in [5.74, 6) is -0.491. The van der Waals surface area contributed by atoms with Crippen LogP contribution in [0.3, 0.4) is 0 Å². The number of rotatable bonds is 1. The first-order valence-corrected chi connectivity index (χ1v) is 2.69. The molecule has 9 heavy (non-hydrogen) atoms. The fraction of sp³-hybridized carbons (Fsp3) is 0.500. The Balaban J connectivity index is 3.99. The zero-order valence-corrected chi connectivity index (χ0v) is 5.84. The van der Waals surface area contributed by atoms with Gasteiger partial charge in [0.2, 0.25) is 11.8 Å². The van der Waals surface area contributed by atoms with Gasteiger partial charge in [-0.05, 0) is 6.92 Å². The maximum Gasteiger partial charge on any atom is 0.226 e. The second kappa shape index (κ2) is 3.22. The number of nitrogens with zero attached hydrogens (tertiary/aromatic N) is 1. The van der Waals surface area contributed by atoms with Gasteiger partial charge in [0.15, 0.2) is 0 Å². The minimum absolute atomic E-state index is 0.245. The van der Waals surface area contributed by atoms with E-state index in [9.17, 15) is 9.59 Å². The summed E-state index contributed by atoms with van der Waals surface area (Å²) in [4.78, 5) is 22.0. The number of carbonyl (C=O) groups excluding carboxylic acids is 2. The van der Waals surface area contributed by atoms with Gasteiger partial charge in [0.05, 0.1) is 6.54 Å². The Morgan fingerprint density at radius 2 is 1.56 bits per heavy atom. The summed E-state index contributed by atoms with van der Waals surface area (Å²) >= 11 is 0. The van der Waals surface area contributed by atoms with E-state index in [0.29, 0.717) is 0 Å². The van der Waals surface area contributed by atoms with Crippen LogP contribution in [-0.2, 0) is 9.59 Å². The molecule has 0 spiro atoms. The van der Waals surface area contributed by atoms with Gasteiger partial charge in [0, 0.05) is 13.8 Å². The molecule has 1 radical (unpaired) electrons. The van der Waals surface area contributed by atoms with E-state index in [-0.39, 0.29) is 11.8 Å². The number of amides is 2. The monoisotopic (exact) mass is 128 g/mol. The highest BCUT2D eigenvalue weighted by Gasteiger charge is 2.09. The van der Waals surface area contributed by atoms with Gasteiger partial charge < -0.3 is 0 Å². The van der Waals surface area contributed by atoms with Crippen LogP contribution >= 0.6 is 0 Å². The van der Waals surface area contributed by atoms with E-state index >= 15 is 0 Å². The smallest absolute Gasteiger partial charge is 0.226 e. The second-order valence-corrected chi connectivity index (χ2v) is 1.67. The molecule has 0 bridgehead atoms. The molecule has 0 aromatic carbocycles. The molecule has 2 amide bonds. The van der Waals surface area contributed by atoms with Crippen LogP contribution in [0, 0.1) is 6.54 Å². The van der Waals surface area contributed by atoms with E-state index in [1.165, 1.54) is 20.4 Å². The van der Waals surface area contributed by atoms with Gasteiger partial charge in [-0.25, -0.2) is 0 Å². The van der Waals surface area contributed by atoms with Crippen molar-refractivity contribution in [3.8, 4) is 0 Å². The Labute approximate surface area is 54.6 Å². The van der Waals surface area contributed by atoms with Crippen molar-refractivity contribution in [2.75, 3.05) is 0 Å². The summed E-state index contributed by atoms with van der Waals surface area (Å²) in [7, 11) is 0. The van der Waals surface area contributed by atoms with Crippen molar-refractivity contribution in [3.05, 3.63) is 6.54 Å². The van der Waals surface area contributed by atoms with Gasteiger partial charge >= 0.3 is 0 Å². The van der Waals surface area contributed by atoms with Crippen LogP contribution in [-0.4, -0.2) is 16.7 Å². The Morgan fingerprint density at radius 1 is 1.22 bits per heavy atom. The zero-order chi connectivity index (χ0) is 7.44. The summed E-state index contributed by atoms with van der Waals surface area (Å²) in [6, 6.07) is 0. The van der Waals surface area contributed by atoms with Crippen LogP contribution in [0.1, 0.15) is 20.8 Å². The second-order valence-electron chi connectivity index (χ2n) is 1.67. The lowest BCUT2D eigenvalue weighted by Crippen LogP contribution is -2.29. The van der Waals surface area contributed by atoms with E-state index < -0.39 is 0 Å². The third kappa shape index (κ3) is 2.26. The van der Waals surface area contributed by atoms with E-state index in [2.05, 4.69) is 0 Å². The van der Waals surface area contributed by atoms with Gasteiger partial charge in [-0.1, -0.05) is 0 Å². The molecule has 0 saturated heterocycles. The lowest BCUT2D eigenvalue weighted by Gasteiger charge is -2.12. The number of hydrogen-bond donors (Lipinski definition) is 0. The number of imide groups is 1. The summed E-state index contributed by atoms with van der Waals surface area (Å²) < 4.78 is 0. The summed E-state index contributed by atoms with van der Waals surface area (Å²) in [5, 5.41) is 0. The van der Waals surface area contributed by atoms with Gasteiger partial charge in [-0.3, -0.25) is 14.5 Å². The minimum atomic E-state index is -0.245. The molecule has 0 atom stereocenters. The Morgan fingerprint density at radius 3 is 1.56 bits per heavy atom. The van der Waals surface area contributed by atoms with E-state index in [0.717, 1.165) is 4.90 Å². The Kier molecular flexibility index (Phi) is 2.91. The Hall–Kier alpha value is -0.860. The van der Waals surface area contributed by atoms with Crippen LogP contribution in [0.15, 0.2) is 0 Å². The maximum atomic E-state index is 10.5. The molecule has 3 heteroatoms. The predicted octanol–water partition coefficient (Wildman–Crippen LogP) is 0.563. The van der Waals surface area contributed by atoms with Gasteiger partial charge in [0.25, 0.3) is 0 Å². The van der Waals surface area contributed by atoms with Gasteiger partial charge in [-0.2, -0.15) is 0 Å². The van der Waals surface area contributed by atoms with Crippen molar-refractivity contribution in [1.82, 2.24) is 4.90 Å². The van der Waals surface area contributed by atoms with E-state index in [1.54, 1.807) is 6.92 Å². The van der Waals surface area contributed by atoms with Crippen LogP contribution in [0.4, 0.5) is 0 Å². The lowest BCUT2D eigenvalue weighted by molar-refractivity contribution is -0.139. The molecule has 0 aromatic heterocycles. The van der Waals surface area contributed by atoms with E-state index in [4.69, 9.17) is 0 Å². The van der Waals surface area contributed by atoms with Crippen molar-refractivity contribution < 1.29 is 9.59 Å². The van der Waals surface area contributed by atoms with Gasteiger partial charge in [0.1, 0.15) is 0 Å². The van der Waals surface area contributed by atoms with Crippen LogP contribution < -0.4 is 0 Å². The summed E-state index contributed by atoms with van der Waals surface area (Å²) in [5.41, 5.74) is 0. The molecule has 0 N–H and O–H groups in total. The molecule has 0 aliphatic rings. The molecule has 0 heterocycles. The normalized spacial score (nSPS) is 8.78. The van der Waals surface area contributed by atoms with Crippen molar-refractivity contribution in [3.63, 3.8) is 0 Å². The maximum absolute atomic E-state index is 10.5. The molecule has 51 valence electrons. The highest BCUT2D eigenvalue weighted by Crippen LogP contribution is 1.92. The third-order valence-electron chi connectivity index (χ3n) is 0.937. The molecule has 0 aliphatic heterocycles. The average Bonchev–Trinajstić information content (AvgIpc) is 1.64. The molecule has 0 aromatic rings. The van der Waals surface area contributed by atoms with Crippen LogP contribution in [0.2, 0.25) is 0 Å². The molecule has 0 aliphatic carbocycles. The zero-order valence-electron chi connectivity index (χ0n) is 5.84.